The lowest BCUT2D eigenvalue weighted by Gasteiger charge is -2.35. The molecule has 2 rings (SSSR count). The molecule has 1 fully saturated rings. The molecule has 23 heavy (non-hydrogen) atoms. The highest BCUT2D eigenvalue weighted by molar-refractivity contribution is 5.87. The van der Waals surface area contributed by atoms with Crippen LogP contribution in [0.2, 0.25) is 0 Å². The molecule has 1 aliphatic carbocycles. The van der Waals surface area contributed by atoms with Crippen molar-refractivity contribution in [3.63, 3.8) is 0 Å². The monoisotopic (exact) mass is 319 g/mol. The first kappa shape index (κ1) is 17.6. The van der Waals surface area contributed by atoms with Gasteiger partial charge in [0.05, 0.1) is 26.0 Å². The summed E-state index contributed by atoms with van der Waals surface area (Å²) in [5, 5.41) is 4.26. The van der Waals surface area contributed by atoms with Gasteiger partial charge in [-0.3, -0.25) is 0 Å². The number of rotatable bonds is 6. The highest BCUT2D eigenvalue weighted by Gasteiger charge is 2.32. The van der Waals surface area contributed by atoms with Crippen LogP contribution in [-0.4, -0.2) is 26.5 Å². The van der Waals surface area contributed by atoms with Crippen LogP contribution in [0.1, 0.15) is 45.6 Å². The minimum atomic E-state index is 0.190. The van der Waals surface area contributed by atoms with Gasteiger partial charge in [0, 0.05) is 5.92 Å². The molecule has 4 heteroatoms. The summed E-state index contributed by atoms with van der Waals surface area (Å²) in [7, 11) is 3.29. The van der Waals surface area contributed by atoms with Crippen molar-refractivity contribution in [2.75, 3.05) is 14.2 Å². The van der Waals surface area contributed by atoms with Gasteiger partial charge in [-0.15, -0.1) is 0 Å². The molecule has 0 saturated heterocycles. The second-order valence-corrected chi connectivity index (χ2v) is 6.78. The highest BCUT2D eigenvalue weighted by atomic mass is 16.6. The lowest BCUT2D eigenvalue weighted by molar-refractivity contribution is -0.0354. The van der Waals surface area contributed by atoms with Crippen LogP contribution >= 0.6 is 0 Å². The van der Waals surface area contributed by atoms with Crippen molar-refractivity contribution in [3.05, 3.63) is 23.8 Å². The van der Waals surface area contributed by atoms with Gasteiger partial charge in [0.2, 0.25) is 0 Å². The van der Waals surface area contributed by atoms with Gasteiger partial charge in [0.25, 0.3) is 0 Å². The number of methoxy groups -OCH3 is 2. The molecule has 1 aliphatic rings. The fraction of sp³-hybridized carbons (Fsp3) is 0.632. The topological polar surface area (TPSA) is 40.0 Å². The SMILES string of the molecule is COc1cccc(OC)c1/C=N/O[C@H]1C[C@H](C)CC[C@H]1C(C)C. The van der Waals surface area contributed by atoms with Gasteiger partial charge in [-0.05, 0) is 36.8 Å². The van der Waals surface area contributed by atoms with Crippen molar-refractivity contribution in [2.45, 2.75) is 46.1 Å². The van der Waals surface area contributed by atoms with E-state index in [2.05, 4.69) is 25.9 Å². The largest absolute Gasteiger partial charge is 0.496 e. The molecule has 0 radical (unpaired) electrons. The van der Waals surface area contributed by atoms with E-state index in [1.807, 2.05) is 18.2 Å². The summed E-state index contributed by atoms with van der Waals surface area (Å²) in [5.74, 6) is 3.35. The number of ether oxygens (including phenoxy) is 2. The van der Waals surface area contributed by atoms with Crippen molar-refractivity contribution < 1.29 is 14.3 Å². The highest BCUT2D eigenvalue weighted by Crippen LogP contribution is 2.35. The van der Waals surface area contributed by atoms with Gasteiger partial charge in [-0.1, -0.05) is 38.4 Å². The molecule has 128 valence electrons. The molecule has 0 spiro atoms. The molecule has 4 nitrogen and oxygen atoms in total. The van der Waals surface area contributed by atoms with E-state index in [1.165, 1.54) is 12.8 Å². The summed E-state index contributed by atoms with van der Waals surface area (Å²) in [6, 6.07) is 5.68. The van der Waals surface area contributed by atoms with Crippen LogP contribution in [0.3, 0.4) is 0 Å². The first-order chi connectivity index (χ1) is 11.1. The third-order valence-corrected chi connectivity index (χ3v) is 4.81. The predicted molar refractivity (Wildman–Crippen MR) is 93.4 cm³/mol. The normalized spacial score (nSPS) is 24.9. The Morgan fingerprint density at radius 1 is 1.13 bits per heavy atom. The Labute approximate surface area is 139 Å². The van der Waals surface area contributed by atoms with Crippen molar-refractivity contribution in [1.82, 2.24) is 0 Å². The molecule has 1 aromatic carbocycles. The van der Waals surface area contributed by atoms with Crippen molar-refractivity contribution in [2.24, 2.45) is 22.9 Å². The Hall–Kier alpha value is -1.71. The number of benzene rings is 1. The van der Waals surface area contributed by atoms with Crippen LogP contribution < -0.4 is 9.47 Å². The summed E-state index contributed by atoms with van der Waals surface area (Å²) in [6.45, 7) is 6.83. The molecule has 0 unspecified atom stereocenters. The fourth-order valence-corrected chi connectivity index (χ4v) is 3.40. The van der Waals surface area contributed by atoms with Gasteiger partial charge in [0.1, 0.15) is 17.6 Å². The maximum atomic E-state index is 5.89. The quantitative estimate of drug-likeness (QED) is 0.572. The second-order valence-electron chi connectivity index (χ2n) is 6.78. The maximum absolute atomic E-state index is 5.89. The standard InChI is InChI=1S/C19H29NO3/c1-13(2)15-10-9-14(3)11-19(15)23-20-12-16-17(21-4)7-6-8-18(16)22-5/h6-8,12-15,19H,9-11H2,1-5H3/b20-12+/t14-,15+,19+/m1/s1. The molecule has 0 aromatic heterocycles. The van der Waals surface area contributed by atoms with Gasteiger partial charge in [0.15, 0.2) is 0 Å². The summed E-state index contributed by atoms with van der Waals surface area (Å²) in [4.78, 5) is 5.89. The van der Waals surface area contributed by atoms with E-state index in [-0.39, 0.29) is 6.10 Å². The molecule has 0 bridgehead atoms. The zero-order valence-corrected chi connectivity index (χ0v) is 14.9. The van der Waals surface area contributed by atoms with E-state index in [1.54, 1.807) is 20.4 Å². The third kappa shape index (κ3) is 4.40. The minimum Gasteiger partial charge on any atom is -0.496 e. The molecule has 3 atom stereocenters. The predicted octanol–water partition coefficient (Wildman–Crippen LogP) is 4.52. The zero-order chi connectivity index (χ0) is 16.8. The summed E-state index contributed by atoms with van der Waals surface area (Å²) in [5.41, 5.74) is 0.808. The van der Waals surface area contributed by atoms with Crippen molar-refractivity contribution >= 4 is 6.21 Å². The average molecular weight is 319 g/mol. The van der Waals surface area contributed by atoms with Crippen LogP contribution in [0.4, 0.5) is 0 Å². The van der Waals surface area contributed by atoms with Crippen LogP contribution in [0.15, 0.2) is 23.4 Å². The Morgan fingerprint density at radius 3 is 2.35 bits per heavy atom. The van der Waals surface area contributed by atoms with Crippen molar-refractivity contribution in [3.8, 4) is 11.5 Å². The number of hydrogen-bond acceptors (Lipinski definition) is 4. The second kappa shape index (κ2) is 8.23. The molecule has 0 N–H and O–H groups in total. The zero-order valence-electron chi connectivity index (χ0n) is 14.9. The van der Waals surface area contributed by atoms with E-state index in [0.29, 0.717) is 17.8 Å². The first-order valence-electron chi connectivity index (χ1n) is 8.47. The summed E-state index contributed by atoms with van der Waals surface area (Å²) >= 11 is 0. The third-order valence-electron chi connectivity index (χ3n) is 4.81. The lowest BCUT2D eigenvalue weighted by atomic mass is 9.75. The smallest absolute Gasteiger partial charge is 0.131 e. The molecular formula is C19H29NO3. The van der Waals surface area contributed by atoms with Crippen LogP contribution in [0.5, 0.6) is 11.5 Å². The molecular weight excluding hydrogens is 290 g/mol. The van der Waals surface area contributed by atoms with E-state index in [9.17, 15) is 0 Å². The molecule has 1 saturated carbocycles. The van der Waals surface area contributed by atoms with E-state index < -0.39 is 0 Å². The Kier molecular flexibility index (Phi) is 6.31. The lowest BCUT2D eigenvalue weighted by Crippen LogP contribution is -2.33. The van der Waals surface area contributed by atoms with Crippen LogP contribution in [0.25, 0.3) is 0 Å². The maximum Gasteiger partial charge on any atom is 0.131 e. The van der Waals surface area contributed by atoms with E-state index in [4.69, 9.17) is 14.3 Å². The summed E-state index contributed by atoms with van der Waals surface area (Å²) in [6.07, 6.45) is 5.47. The number of oxime groups is 1. The van der Waals surface area contributed by atoms with E-state index in [0.717, 1.165) is 23.5 Å². The molecule has 0 aliphatic heterocycles. The van der Waals surface area contributed by atoms with Crippen molar-refractivity contribution in [1.29, 1.82) is 0 Å². The van der Waals surface area contributed by atoms with Gasteiger partial charge >= 0.3 is 0 Å². The fourth-order valence-electron chi connectivity index (χ4n) is 3.40. The Bertz CT molecular complexity index is 505. The van der Waals surface area contributed by atoms with Crippen LogP contribution in [0, 0.1) is 17.8 Å². The molecule has 0 heterocycles. The van der Waals surface area contributed by atoms with Gasteiger partial charge in [-0.2, -0.15) is 0 Å². The Morgan fingerprint density at radius 2 is 1.78 bits per heavy atom. The number of nitrogens with zero attached hydrogens (tertiary/aromatic N) is 1. The average Bonchev–Trinajstić information content (AvgIpc) is 2.54. The Balaban J connectivity index is 2.11. The number of hydrogen-bond donors (Lipinski definition) is 0. The molecule has 1 aromatic rings. The van der Waals surface area contributed by atoms with Gasteiger partial charge in [-0.25, -0.2) is 0 Å². The first-order valence-corrected chi connectivity index (χ1v) is 8.47. The summed E-state index contributed by atoms with van der Waals surface area (Å²) < 4.78 is 10.8. The van der Waals surface area contributed by atoms with Crippen LogP contribution in [-0.2, 0) is 4.84 Å². The van der Waals surface area contributed by atoms with E-state index >= 15 is 0 Å². The molecule has 0 amide bonds. The van der Waals surface area contributed by atoms with Gasteiger partial charge < -0.3 is 14.3 Å². The minimum absolute atomic E-state index is 0.190.